The summed E-state index contributed by atoms with van der Waals surface area (Å²) in [7, 11) is 1.59. The number of hydrogen-bond acceptors (Lipinski definition) is 4. The molecule has 0 atom stereocenters. The van der Waals surface area contributed by atoms with E-state index in [-0.39, 0.29) is 11.7 Å². The Bertz CT molecular complexity index is 574. The largest absolute Gasteiger partial charge is 0.497 e. The van der Waals surface area contributed by atoms with Crippen molar-refractivity contribution in [1.82, 2.24) is 4.98 Å². The maximum Gasteiger partial charge on any atom is 0.259 e. The van der Waals surface area contributed by atoms with Crippen LogP contribution in [0, 0.1) is 6.92 Å². The minimum atomic E-state index is -0.270. The number of hydrogen-bond donors (Lipinski definition) is 2. The first kappa shape index (κ1) is 12.9. The lowest BCUT2D eigenvalue weighted by Crippen LogP contribution is -2.16. The molecule has 2 aromatic rings. The summed E-state index contributed by atoms with van der Waals surface area (Å²) >= 11 is 0. The van der Waals surface area contributed by atoms with Gasteiger partial charge in [-0.1, -0.05) is 0 Å². The van der Waals surface area contributed by atoms with Gasteiger partial charge in [0.2, 0.25) is 0 Å². The smallest absolute Gasteiger partial charge is 0.259 e. The summed E-state index contributed by atoms with van der Waals surface area (Å²) in [5.74, 6) is 0.689. The summed E-state index contributed by atoms with van der Waals surface area (Å²) in [4.78, 5) is 16.1. The summed E-state index contributed by atoms with van der Waals surface area (Å²) < 4.78 is 5.05. The quantitative estimate of drug-likeness (QED) is 0.884. The van der Waals surface area contributed by atoms with Gasteiger partial charge in [0.25, 0.3) is 5.91 Å². The molecule has 2 rings (SSSR count). The molecule has 1 amide bonds. The van der Waals surface area contributed by atoms with Crippen LogP contribution in [0.2, 0.25) is 0 Å². The van der Waals surface area contributed by atoms with Gasteiger partial charge in [-0.15, -0.1) is 0 Å². The fraction of sp³-hybridized carbons (Fsp3) is 0.143. The highest BCUT2D eigenvalue weighted by molar-refractivity contribution is 6.08. The van der Waals surface area contributed by atoms with Gasteiger partial charge in [-0.3, -0.25) is 4.79 Å². The summed E-state index contributed by atoms with van der Waals surface area (Å²) in [5.41, 5.74) is 7.60. The molecule has 0 aliphatic rings. The minimum absolute atomic E-state index is 0.228. The summed E-state index contributed by atoms with van der Waals surface area (Å²) in [6, 6.07) is 8.82. The van der Waals surface area contributed by atoms with Gasteiger partial charge in [-0.2, -0.15) is 0 Å². The highest BCUT2D eigenvalue weighted by Crippen LogP contribution is 2.18. The molecular formula is C14H15N3O2. The van der Waals surface area contributed by atoms with Crippen LogP contribution >= 0.6 is 0 Å². The summed E-state index contributed by atoms with van der Waals surface area (Å²) in [6.07, 6.45) is 1.58. The number of carbonyl (C=O) groups excluding carboxylic acids is 1. The number of nitrogens with zero attached hydrogens (tertiary/aromatic N) is 1. The van der Waals surface area contributed by atoms with Crippen LogP contribution in [0.3, 0.4) is 0 Å². The molecule has 0 saturated heterocycles. The molecule has 1 aromatic carbocycles. The molecule has 0 radical (unpaired) electrons. The second kappa shape index (κ2) is 5.39. The summed E-state index contributed by atoms with van der Waals surface area (Å²) in [6.45, 7) is 1.82. The Morgan fingerprint density at radius 3 is 2.53 bits per heavy atom. The van der Waals surface area contributed by atoms with Gasteiger partial charge in [0.05, 0.1) is 12.7 Å². The Balaban J connectivity index is 2.21. The van der Waals surface area contributed by atoms with Gasteiger partial charge in [-0.05, 0) is 42.8 Å². The summed E-state index contributed by atoms with van der Waals surface area (Å²) in [5, 5.41) is 2.78. The average molecular weight is 257 g/mol. The van der Waals surface area contributed by atoms with Crippen LogP contribution in [0.15, 0.2) is 36.5 Å². The Hall–Kier alpha value is -2.56. The second-order valence-electron chi connectivity index (χ2n) is 4.07. The van der Waals surface area contributed by atoms with Crippen molar-refractivity contribution in [3.63, 3.8) is 0 Å². The number of rotatable bonds is 3. The van der Waals surface area contributed by atoms with E-state index in [2.05, 4.69) is 10.3 Å². The molecule has 0 spiro atoms. The van der Waals surface area contributed by atoms with Crippen LogP contribution in [0.1, 0.15) is 15.9 Å². The third kappa shape index (κ3) is 2.82. The second-order valence-corrected chi connectivity index (χ2v) is 4.07. The molecule has 0 bridgehead atoms. The lowest BCUT2D eigenvalue weighted by atomic mass is 10.1. The average Bonchev–Trinajstić information content (AvgIpc) is 2.39. The maximum absolute atomic E-state index is 12.1. The number of methoxy groups -OCH3 is 1. The zero-order valence-electron chi connectivity index (χ0n) is 10.8. The first-order valence-corrected chi connectivity index (χ1v) is 5.78. The van der Waals surface area contributed by atoms with Crippen LogP contribution in [0.4, 0.5) is 11.5 Å². The molecule has 0 fully saturated rings. The van der Waals surface area contributed by atoms with Crippen LogP contribution in [0.5, 0.6) is 5.75 Å². The van der Waals surface area contributed by atoms with E-state index < -0.39 is 0 Å². The third-order valence-electron chi connectivity index (χ3n) is 2.76. The molecule has 19 heavy (non-hydrogen) atoms. The number of nitrogen functional groups attached to an aromatic ring is 1. The molecule has 5 nitrogen and oxygen atoms in total. The molecule has 0 unspecified atom stereocenters. The normalized spacial score (nSPS) is 10.0. The van der Waals surface area contributed by atoms with Crippen molar-refractivity contribution in [1.29, 1.82) is 0 Å². The first-order chi connectivity index (χ1) is 9.11. The number of anilines is 2. The predicted molar refractivity (Wildman–Crippen MR) is 74.3 cm³/mol. The number of benzene rings is 1. The highest BCUT2D eigenvalue weighted by Gasteiger charge is 2.13. The van der Waals surface area contributed by atoms with Crippen molar-refractivity contribution in [3.05, 3.63) is 47.7 Å². The molecule has 1 heterocycles. The van der Waals surface area contributed by atoms with Crippen molar-refractivity contribution in [2.24, 2.45) is 0 Å². The molecule has 0 saturated carbocycles. The van der Waals surface area contributed by atoms with E-state index in [1.807, 2.05) is 6.92 Å². The Labute approximate surface area is 111 Å². The topological polar surface area (TPSA) is 77.2 Å². The van der Waals surface area contributed by atoms with E-state index >= 15 is 0 Å². The van der Waals surface area contributed by atoms with Gasteiger partial charge in [0, 0.05) is 11.9 Å². The lowest BCUT2D eigenvalue weighted by molar-refractivity contribution is 0.102. The molecule has 5 heteroatoms. The zero-order valence-corrected chi connectivity index (χ0v) is 10.8. The maximum atomic E-state index is 12.1. The number of ether oxygens (including phenoxy) is 1. The van der Waals surface area contributed by atoms with Gasteiger partial charge < -0.3 is 15.8 Å². The molecule has 3 N–H and O–H groups in total. The van der Waals surface area contributed by atoms with E-state index in [1.165, 1.54) is 0 Å². The molecule has 98 valence electrons. The number of aromatic nitrogens is 1. The molecular weight excluding hydrogens is 242 g/mol. The molecule has 0 aliphatic heterocycles. The predicted octanol–water partition coefficient (Wildman–Crippen LogP) is 2.23. The van der Waals surface area contributed by atoms with Gasteiger partial charge in [0.15, 0.2) is 0 Å². The van der Waals surface area contributed by atoms with E-state index in [0.717, 1.165) is 11.3 Å². The highest BCUT2D eigenvalue weighted by atomic mass is 16.5. The van der Waals surface area contributed by atoms with E-state index in [0.29, 0.717) is 11.3 Å². The van der Waals surface area contributed by atoms with Crippen LogP contribution in [-0.2, 0) is 0 Å². The third-order valence-corrected chi connectivity index (χ3v) is 2.76. The van der Waals surface area contributed by atoms with Crippen LogP contribution in [-0.4, -0.2) is 18.0 Å². The Morgan fingerprint density at radius 1 is 1.26 bits per heavy atom. The zero-order chi connectivity index (χ0) is 13.8. The number of nitrogens with two attached hydrogens (primary N) is 1. The molecule has 0 aliphatic carbocycles. The van der Waals surface area contributed by atoms with Gasteiger partial charge in [0.1, 0.15) is 11.6 Å². The van der Waals surface area contributed by atoms with Crippen LogP contribution < -0.4 is 15.8 Å². The number of carbonyl (C=O) groups is 1. The van der Waals surface area contributed by atoms with E-state index in [9.17, 15) is 4.79 Å². The van der Waals surface area contributed by atoms with Crippen molar-refractivity contribution in [2.75, 3.05) is 18.2 Å². The van der Waals surface area contributed by atoms with Crippen molar-refractivity contribution in [2.45, 2.75) is 6.92 Å². The monoisotopic (exact) mass is 257 g/mol. The van der Waals surface area contributed by atoms with Crippen molar-refractivity contribution in [3.8, 4) is 5.75 Å². The van der Waals surface area contributed by atoms with Crippen molar-refractivity contribution >= 4 is 17.4 Å². The fourth-order valence-electron chi connectivity index (χ4n) is 1.74. The number of amides is 1. The first-order valence-electron chi connectivity index (χ1n) is 5.78. The number of nitrogens with one attached hydrogen (secondary N) is 1. The number of pyridine rings is 1. The van der Waals surface area contributed by atoms with Crippen molar-refractivity contribution < 1.29 is 9.53 Å². The Morgan fingerprint density at radius 2 is 1.95 bits per heavy atom. The fourth-order valence-corrected chi connectivity index (χ4v) is 1.74. The van der Waals surface area contributed by atoms with Crippen LogP contribution in [0.25, 0.3) is 0 Å². The lowest BCUT2D eigenvalue weighted by Gasteiger charge is -2.09. The van der Waals surface area contributed by atoms with Gasteiger partial charge in [-0.25, -0.2) is 4.98 Å². The Kier molecular flexibility index (Phi) is 3.66. The molecule has 1 aromatic heterocycles. The van der Waals surface area contributed by atoms with E-state index in [1.54, 1.807) is 43.6 Å². The number of aryl methyl sites for hydroxylation is 1. The standard InChI is InChI=1S/C14H15N3O2/c1-9-7-8-16-13(15)12(9)14(18)17-10-3-5-11(19-2)6-4-10/h3-8H,1-2H3,(H2,15,16)(H,17,18). The van der Waals surface area contributed by atoms with Gasteiger partial charge >= 0.3 is 0 Å². The van der Waals surface area contributed by atoms with E-state index in [4.69, 9.17) is 10.5 Å². The minimum Gasteiger partial charge on any atom is -0.497 e. The SMILES string of the molecule is COc1ccc(NC(=O)c2c(C)ccnc2N)cc1.